The predicted molar refractivity (Wildman–Crippen MR) is 72.7 cm³/mol. The molecule has 0 nitrogen and oxygen atoms in total. The SMILES string of the molecule is [B]CCCCCCC1C(=C)CC(C)C1=C=C. The summed E-state index contributed by atoms with van der Waals surface area (Å²) in [5, 5.41) is 0. The fraction of sp³-hybridized carbons (Fsp3) is 0.667. The van der Waals surface area contributed by atoms with Gasteiger partial charge in [-0.2, -0.15) is 0 Å². The van der Waals surface area contributed by atoms with Crippen LogP contribution in [-0.4, -0.2) is 7.85 Å². The minimum Gasteiger partial charge on any atom is -0.129 e. The highest BCUT2D eigenvalue weighted by atomic mass is 14.3. The van der Waals surface area contributed by atoms with Gasteiger partial charge in [0.15, 0.2) is 0 Å². The fourth-order valence-corrected chi connectivity index (χ4v) is 2.71. The van der Waals surface area contributed by atoms with Crippen LogP contribution in [0.5, 0.6) is 0 Å². The van der Waals surface area contributed by atoms with E-state index in [1.165, 1.54) is 36.8 Å². The van der Waals surface area contributed by atoms with Gasteiger partial charge in [0.1, 0.15) is 0 Å². The first-order chi connectivity index (χ1) is 7.70. The average Bonchev–Trinajstić information content (AvgIpc) is 2.53. The lowest BCUT2D eigenvalue weighted by atomic mass is 9.91. The molecular formula is C15H23B. The van der Waals surface area contributed by atoms with E-state index < -0.39 is 0 Å². The van der Waals surface area contributed by atoms with Crippen LogP contribution in [-0.2, 0) is 0 Å². The first kappa shape index (κ1) is 13.4. The van der Waals surface area contributed by atoms with E-state index in [4.69, 9.17) is 7.85 Å². The van der Waals surface area contributed by atoms with Crippen molar-refractivity contribution in [1.82, 2.24) is 0 Å². The van der Waals surface area contributed by atoms with Gasteiger partial charge in [-0.15, -0.1) is 5.73 Å². The summed E-state index contributed by atoms with van der Waals surface area (Å²) >= 11 is 0. The number of allylic oxidation sites excluding steroid dienone is 2. The van der Waals surface area contributed by atoms with E-state index in [-0.39, 0.29) is 0 Å². The Morgan fingerprint density at radius 3 is 2.62 bits per heavy atom. The second-order valence-corrected chi connectivity index (χ2v) is 4.94. The van der Waals surface area contributed by atoms with Gasteiger partial charge in [0.05, 0.1) is 7.85 Å². The molecule has 2 radical (unpaired) electrons. The van der Waals surface area contributed by atoms with Crippen molar-refractivity contribution in [2.24, 2.45) is 11.8 Å². The minimum atomic E-state index is 0.561. The highest BCUT2D eigenvalue weighted by Gasteiger charge is 2.29. The molecule has 1 heteroatoms. The molecule has 1 fully saturated rings. The van der Waals surface area contributed by atoms with Crippen LogP contribution in [0.1, 0.15) is 45.4 Å². The summed E-state index contributed by atoms with van der Waals surface area (Å²) in [5.41, 5.74) is 5.91. The molecular weight excluding hydrogens is 191 g/mol. The zero-order valence-electron chi connectivity index (χ0n) is 10.6. The third kappa shape index (κ3) is 3.42. The van der Waals surface area contributed by atoms with Gasteiger partial charge in [-0.1, -0.05) is 57.7 Å². The van der Waals surface area contributed by atoms with E-state index in [0.717, 1.165) is 19.2 Å². The van der Waals surface area contributed by atoms with Crippen LogP contribution in [0, 0.1) is 11.8 Å². The van der Waals surface area contributed by atoms with Crippen molar-refractivity contribution in [2.75, 3.05) is 0 Å². The summed E-state index contributed by atoms with van der Waals surface area (Å²) in [6.45, 7) is 10.3. The smallest absolute Gasteiger partial charge is 0.0653 e. The van der Waals surface area contributed by atoms with Crippen LogP contribution in [0.2, 0.25) is 6.32 Å². The topological polar surface area (TPSA) is 0 Å². The van der Waals surface area contributed by atoms with Gasteiger partial charge in [0, 0.05) is 5.92 Å². The Morgan fingerprint density at radius 2 is 2.00 bits per heavy atom. The molecule has 0 N–H and O–H groups in total. The highest BCUT2D eigenvalue weighted by molar-refractivity contribution is 6.08. The molecule has 16 heavy (non-hydrogen) atoms. The quantitative estimate of drug-likeness (QED) is 0.265. The third-order valence-corrected chi connectivity index (χ3v) is 3.62. The maximum atomic E-state index is 5.48. The van der Waals surface area contributed by atoms with Gasteiger partial charge in [-0.25, -0.2) is 0 Å². The van der Waals surface area contributed by atoms with Crippen LogP contribution in [0.4, 0.5) is 0 Å². The molecule has 2 unspecified atom stereocenters. The Bertz CT molecular complexity index is 284. The Hall–Kier alpha value is -0.675. The molecule has 1 aliphatic carbocycles. The summed E-state index contributed by atoms with van der Waals surface area (Å²) in [5.74, 6) is 1.17. The molecule has 1 aliphatic rings. The summed E-state index contributed by atoms with van der Waals surface area (Å²) in [4.78, 5) is 0. The minimum absolute atomic E-state index is 0.561. The maximum absolute atomic E-state index is 5.48. The molecule has 0 aromatic carbocycles. The summed E-state index contributed by atoms with van der Waals surface area (Å²) in [7, 11) is 5.48. The van der Waals surface area contributed by atoms with E-state index in [9.17, 15) is 0 Å². The van der Waals surface area contributed by atoms with Crippen molar-refractivity contribution < 1.29 is 0 Å². The predicted octanol–water partition coefficient (Wildman–Crippen LogP) is 4.45. The zero-order valence-corrected chi connectivity index (χ0v) is 10.6. The van der Waals surface area contributed by atoms with Gasteiger partial charge in [0.2, 0.25) is 0 Å². The second kappa shape index (κ2) is 6.81. The molecule has 1 rings (SSSR count). The lowest BCUT2D eigenvalue weighted by molar-refractivity contribution is 0.566. The van der Waals surface area contributed by atoms with Gasteiger partial charge < -0.3 is 0 Å². The van der Waals surface area contributed by atoms with Gasteiger partial charge in [0.25, 0.3) is 0 Å². The molecule has 0 bridgehead atoms. The van der Waals surface area contributed by atoms with E-state index in [0.29, 0.717) is 11.8 Å². The molecule has 0 amide bonds. The van der Waals surface area contributed by atoms with Crippen molar-refractivity contribution >= 4 is 7.85 Å². The molecule has 0 saturated heterocycles. The van der Waals surface area contributed by atoms with E-state index >= 15 is 0 Å². The molecule has 2 atom stereocenters. The lowest BCUT2D eigenvalue weighted by Crippen LogP contribution is -2.00. The fourth-order valence-electron chi connectivity index (χ4n) is 2.71. The standard InChI is InChI=1S/C15H23B/c1-4-14-12(2)11-13(3)15(14)9-7-5-6-8-10-16/h12,15H,1,3,5-11H2,2H3. The number of unbranched alkanes of at least 4 members (excludes halogenated alkanes) is 3. The van der Waals surface area contributed by atoms with Crippen molar-refractivity contribution in [3.8, 4) is 0 Å². The summed E-state index contributed by atoms with van der Waals surface area (Å²) in [6.07, 6.45) is 8.17. The lowest BCUT2D eigenvalue weighted by Gasteiger charge is -2.12. The third-order valence-electron chi connectivity index (χ3n) is 3.62. The van der Waals surface area contributed by atoms with E-state index in [1.807, 2.05) is 0 Å². The zero-order chi connectivity index (χ0) is 12.0. The second-order valence-electron chi connectivity index (χ2n) is 4.94. The maximum Gasteiger partial charge on any atom is 0.0653 e. The van der Waals surface area contributed by atoms with E-state index in [1.54, 1.807) is 0 Å². The highest BCUT2D eigenvalue weighted by Crippen LogP contribution is 2.41. The summed E-state index contributed by atoms with van der Waals surface area (Å²) in [6, 6.07) is 0. The number of hydrogen-bond donors (Lipinski definition) is 0. The molecule has 0 aromatic rings. The molecule has 0 aromatic heterocycles. The van der Waals surface area contributed by atoms with Crippen LogP contribution in [0.3, 0.4) is 0 Å². The van der Waals surface area contributed by atoms with Crippen molar-refractivity contribution in [2.45, 2.75) is 51.8 Å². The van der Waals surface area contributed by atoms with Crippen LogP contribution in [0.15, 0.2) is 30.0 Å². The van der Waals surface area contributed by atoms with Crippen LogP contribution < -0.4 is 0 Å². The van der Waals surface area contributed by atoms with Crippen molar-refractivity contribution in [3.63, 3.8) is 0 Å². The number of rotatable bonds is 6. The average molecular weight is 214 g/mol. The van der Waals surface area contributed by atoms with Gasteiger partial charge in [-0.05, 0) is 24.3 Å². The Labute approximate surface area is 102 Å². The normalized spacial score (nSPS) is 24.8. The van der Waals surface area contributed by atoms with Crippen LogP contribution in [0.25, 0.3) is 0 Å². The first-order valence-corrected chi connectivity index (χ1v) is 6.48. The first-order valence-electron chi connectivity index (χ1n) is 6.48. The molecule has 0 aliphatic heterocycles. The Morgan fingerprint density at radius 1 is 1.31 bits per heavy atom. The van der Waals surface area contributed by atoms with Crippen molar-refractivity contribution in [1.29, 1.82) is 0 Å². The van der Waals surface area contributed by atoms with Gasteiger partial charge in [-0.3, -0.25) is 0 Å². The molecule has 1 saturated carbocycles. The molecule has 0 heterocycles. The van der Waals surface area contributed by atoms with Gasteiger partial charge >= 0.3 is 0 Å². The number of hydrogen-bond acceptors (Lipinski definition) is 0. The Balaban J connectivity index is 2.35. The monoisotopic (exact) mass is 214 g/mol. The molecule has 86 valence electrons. The van der Waals surface area contributed by atoms with E-state index in [2.05, 4.69) is 25.8 Å². The summed E-state index contributed by atoms with van der Waals surface area (Å²) < 4.78 is 0. The molecule has 0 spiro atoms. The van der Waals surface area contributed by atoms with Crippen LogP contribution >= 0.6 is 0 Å². The largest absolute Gasteiger partial charge is 0.129 e. The Kier molecular flexibility index (Phi) is 5.70. The van der Waals surface area contributed by atoms with Crippen molar-refractivity contribution in [3.05, 3.63) is 30.0 Å².